The van der Waals surface area contributed by atoms with Crippen LogP contribution in [-0.2, 0) is 11.3 Å². The van der Waals surface area contributed by atoms with Crippen LogP contribution in [-0.4, -0.2) is 40.7 Å². The summed E-state index contributed by atoms with van der Waals surface area (Å²) >= 11 is 0. The predicted molar refractivity (Wildman–Crippen MR) is 78.6 cm³/mol. The van der Waals surface area contributed by atoms with E-state index in [-0.39, 0.29) is 5.91 Å². The van der Waals surface area contributed by atoms with Crippen LogP contribution in [0.25, 0.3) is 5.69 Å². The summed E-state index contributed by atoms with van der Waals surface area (Å²) < 4.78 is 1.82. The molecule has 0 aliphatic carbocycles. The fraction of sp³-hybridized carbons (Fsp3) is 0.333. The first-order valence-electron chi connectivity index (χ1n) is 6.74. The van der Waals surface area contributed by atoms with E-state index in [1.165, 1.54) is 0 Å². The number of rotatable bonds is 6. The molecule has 1 heterocycles. The van der Waals surface area contributed by atoms with Crippen LogP contribution < -0.4 is 5.32 Å². The third-order valence-corrected chi connectivity index (χ3v) is 3.21. The van der Waals surface area contributed by atoms with Gasteiger partial charge in [0.1, 0.15) is 0 Å². The molecule has 2 rings (SSSR count). The highest BCUT2D eigenvalue weighted by Crippen LogP contribution is 2.08. The van der Waals surface area contributed by atoms with Crippen molar-refractivity contribution in [2.45, 2.75) is 13.5 Å². The molecule has 0 saturated carbocycles. The highest BCUT2D eigenvalue weighted by atomic mass is 16.2. The first-order valence-corrected chi connectivity index (χ1v) is 6.74. The highest BCUT2D eigenvalue weighted by Gasteiger charge is 2.05. The van der Waals surface area contributed by atoms with Gasteiger partial charge in [-0.3, -0.25) is 4.79 Å². The Kier molecular flexibility index (Phi) is 4.90. The van der Waals surface area contributed by atoms with E-state index in [0.29, 0.717) is 13.1 Å². The molecule has 5 heteroatoms. The Balaban J connectivity index is 1.84. The van der Waals surface area contributed by atoms with E-state index in [0.717, 1.165) is 17.8 Å². The van der Waals surface area contributed by atoms with Gasteiger partial charge in [-0.2, -0.15) is 5.10 Å². The lowest BCUT2D eigenvalue weighted by Gasteiger charge is -2.14. The number of nitrogens with zero attached hydrogens (tertiary/aromatic N) is 3. The van der Waals surface area contributed by atoms with Crippen LogP contribution in [0.2, 0.25) is 0 Å². The molecule has 1 N–H and O–H groups in total. The van der Waals surface area contributed by atoms with Gasteiger partial charge in [0.15, 0.2) is 0 Å². The minimum Gasteiger partial charge on any atom is -0.345 e. The molecule has 2 aromatic rings. The SMILES string of the molecule is CCN(C)C(=O)CNCc1ccc(-n2cccn2)cc1. The van der Waals surface area contributed by atoms with Crippen LogP contribution in [0.5, 0.6) is 0 Å². The first-order chi connectivity index (χ1) is 9.70. The normalized spacial score (nSPS) is 10.5. The average Bonchev–Trinajstić information content (AvgIpc) is 3.01. The van der Waals surface area contributed by atoms with Crippen molar-refractivity contribution >= 4 is 5.91 Å². The zero-order chi connectivity index (χ0) is 14.4. The topological polar surface area (TPSA) is 50.2 Å². The maximum Gasteiger partial charge on any atom is 0.236 e. The molecule has 20 heavy (non-hydrogen) atoms. The molecule has 106 valence electrons. The third-order valence-electron chi connectivity index (χ3n) is 3.21. The number of aromatic nitrogens is 2. The van der Waals surface area contributed by atoms with Gasteiger partial charge in [-0.1, -0.05) is 12.1 Å². The number of carbonyl (C=O) groups excluding carboxylic acids is 1. The molecule has 1 aromatic heterocycles. The van der Waals surface area contributed by atoms with Gasteiger partial charge < -0.3 is 10.2 Å². The predicted octanol–water partition coefficient (Wildman–Crippen LogP) is 1.44. The van der Waals surface area contributed by atoms with Gasteiger partial charge in [-0.15, -0.1) is 0 Å². The van der Waals surface area contributed by atoms with Crippen molar-refractivity contribution in [3.8, 4) is 5.69 Å². The summed E-state index contributed by atoms with van der Waals surface area (Å²) in [6.45, 7) is 3.75. The molecule has 0 radical (unpaired) electrons. The minimum atomic E-state index is 0.112. The van der Waals surface area contributed by atoms with E-state index < -0.39 is 0 Å². The lowest BCUT2D eigenvalue weighted by atomic mass is 10.2. The quantitative estimate of drug-likeness (QED) is 0.865. The Hall–Kier alpha value is -2.14. The monoisotopic (exact) mass is 272 g/mol. The number of likely N-dealkylation sites (N-methyl/N-ethyl adjacent to an activating group) is 1. The zero-order valence-electron chi connectivity index (χ0n) is 11.9. The summed E-state index contributed by atoms with van der Waals surface area (Å²) in [4.78, 5) is 13.3. The molecule has 1 aromatic carbocycles. The van der Waals surface area contributed by atoms with Gasteiger partial charge >= 0.3 is 0 Å². The molecule has 0 spiro atoms. The number of nitrogens with one attached hydrogen (secondary N) is 1. The molecular weight excluding hydrogens is 252 g/mol. The summed E-state index contributed by atoms with van der Waals surface area (Å²) in [6.07, 6.45) is 3.66. The van der Waals surface area contributed by atoms with Gasteiger partial charge in [0.05, 0.1) is 12.2 Å². The molecular formula is C15H20N4O. The largest absolute Gasteiger partial charge is 0.345 e. The Morgan fingerprint density at radius 3 is 2.70 bits per heavy atom. The van der Waals surface area contributed by atoms with Crippen LogP contribution in [0.1, 0.15) is 12.5 Å². The second-order valence-corrected chi connectivity index (χ2v) is 4.63. The fourth-order valence-electron chi connectivity index (χ4n) is 1.81. The van der Waals surface area contributed by atoms with E-state index >= 15 is 0 Å². The number of benzene rings is 1. The van der Waals surface area contributed by atoms with E-state index in [9.17, 15) is 4.79 Å². The van der Waals surface area contributed by atoms with Gasteiger partial charge in [-0.25, -0.2) is 4.68 Å². The number of hydrogen-bond acceptors (Lipinski definition) is 3. The van der Waals surface area contributed by atoms with Crippen LogP contribution >= 0.6 is 0 Å². The molecule has 0 aliphatic heterocycles. The summed E-state index contributed by atoms with van der Waals surface area (Å²) in [5, 5.41) is 7.34. The second-order valence-electron chi connectivity index (χ2n) is 4.63. The van der Waals surface area contributed by atoms with E-state index in [1.807, 2.05) is 55.2 Å². The van der Waals surface area contributed by atoms with Crippen molar-refractivity contribution in [3.05, 3.63) is 48.3 Å². The van der Waals surface area contributed by atoms with Gasteiger partial charge in [0.25, 0.3) is 0 Å². The molecule has 0 aliphatic rings. The molecule has 0 atom stereocenters. The fourth-order valence-corrected chi connectivity index (χ4v) is 1.81. The van der Waals surface area contributed by atoms with Crippen LogP contribution in [0.4, 0.5) is 0 Å². The number of hydrogen-bond donors (Lipinski definition) is 1. The standard InChI is InChI=1S/C15H20N4O/c1-3-18(2)15(20)12-16-11-13-5-7-14(8-6-13)19-10-4-9-17-19/h4-10,16H,3,11-12H2,1-2H3. The van der Waals surface area contributed by atoms with Crippen molar-refractivity contribution in [1.82, 2.24) is 20.0 Å². The van der Waals surface area contributed by atoms with Crippen LogP contribution in [0.15, 0.2) is 42.7 Å². The second kappa shape index (κ2) is 6.86. The Morgan fingerprint density at radius 2 is 2.10 bits per heavy atom. The van der Waals surface area contributed by atoms with Gasteiger partial charge in [0, 0.05) is 32.5 Å². The molecule has 5 nitrogen and oxygen atoms in total. The zero-order valence-corrected chi connectivity index (χ0v) is 11.9. The molecule has 1 amide bonds. The van der Waals surface area contributed by atoms with E-state index in [2.05, 4.69) is 10.4 Å². The summed E-state index contributed by atoms with van der Waals surface area (Å²) in [5.41, 5.74) is 2.17. The maximum absolute atomic E-state index is 11.6. The lowest BCUT2D eigenvalue weighted by molar-refractivity contribution is -0.128. The lowest BCUT2D eigenvalue weighted by Crippen LogP contribution is -2.35. The highest BCUT2D eigenvalue weighted by molar-refractivity contribution is 5.77. The van der Waals surface area contributed by atoms with Crippen molar-refractivity contribution in [3.63, 3.8) is 0 Å². The van der Waals surface area contributed by atoms with Crippen molar-refractivity contribution in [1.29, 1.82) is 0 Å². The Labute approximate surface area is 119 Å². The van der Waals surface area contributed by atoms with Crippen molar-refractivity contribution in [2.24, 2.45) is 0 Å². The first kappa shape index (κ1) is 14.3. The maximum atomic E-state index is 11.6. The Bertz CT molecular complexity index is 534. The average molecular weight is 272 g/mol. The van der Waals surface area contributed by atoms with Gasteiger partial charge in [0.2, 0.25) is 5.91 Å². The minimum absolute atomic E-state index is 0.112. The third kappa shape index (κ3) is 3.68. The smallest absolute Gasteiger partial charge is 0.236 e. The van der Waals surface area contributed by atoms with E-state index in [4.69, 9.17) is 0 Å². The van der Waals surface area contributed by atoms with Crippen molar-refractivity contribution in [2.75, 3.05) is 20.1 Å². The summed E-state index contributed by atoms with van der Waals surface area (Å²) in [7, 11) is 1.81. The van der Waals surface area contributed by atoms with Crippen LogP contribution in [0.3, 0.4) is 0 Å². The summed E-state index contributed by atoms with van der Waals surface area (Å²) in [5.74, 6) is 0.112. The molecule has 0 saturated heterocycles. The molecule has 0 fully saturated rings. The number of carbonyl (C=O) groups is 1. The van der Waals surface area contributed by atoms with Gasteiger partial charge in [-0.05, 0) is 30.7 Å². The number of amides is 1. The summed E-state index contributed by atoms with van der Waals surface area (Å²) in [6, 6.07) is 10.0. The molecule has 0 bridgehead atoms. The van der Waals surface area contributed by atoms with E-state index in [1.54, 1.807) is 11.1 Å². The Morgan fingerprint density at radius 1 is 1.35 bits per heavy atom. The van der Waals surface area contributed by atoms with Crippen molar-refractivity contribution < 1.29 is 4.79 Å². The molecule has 0 unspecified atom stereocenters. The van der Waals surface area contributed by atoms with Crippen LogP contribution in [0, 0.1) is 0 Å².